The molecule has 8 heteroatoms. The van der Waals surface area contributed by atoms with Crippen LogP contribution in [0.4, 0.5) is 0 Å². The van der Waals surface area contributed by atoms with Crippen LogP contribution in [0.1, 0.15) is 25.1 Å². The number of aromatic nitrogens is 2. The summed E-state index contributed by atoms with van der Waals surface area (Å²) in [7, 11) is 0. The van der Waals surface area contributed by atoms with Crippen molar-refractivity contribution in [2.75, 3.05) is 13.1 Å². The molecule has 6 nitrogen and oxygen atoms in total. The Bertz CT molecular complexity index is 428. The van der Waals surface area contributed by atoms with Crippen LogP contribution in [0.5, 0.6) is 0 Å². The second-order valence-electron chi connectivity index (χ2n) is 4.87. The van der Waals surface area contributed by atoms with E-state index in [0.717, 1.165) is 31.6 Å². The Balaban J connectivity index is 0.00000200. The fourth-order valence-corrected chi connectivity index (χ4v) is 2.29. The summed E-state index contributed by atoms with van der Waals surface area (Å²) < 4.78 is 7.61. The number of hydrogen-bond donors (Lipinski definition) is 2. The molecule has 1 saturated heterocycles. The van der Waals surface area contributed by atoms with Crippen LogP contribution in [0.25, 0.3) is 0 Å². The van der Waals surface area contributed by atoms with E-state index in [-0.39, 0.29) is 42.9 Å². The number of nitrogens with zero attached hydrogens (tertiary/aromatic N) is 2. The molecule has 122 valence electrons. The minimum absolute atomic E-state index is 0. The van der Waals surface area contributed by atoms with Crippen LogP contribution in [-0.4, -0.2) is 40.8 Å². The molecular formula is C13H24Cl2N4O2. The lowest BCUT2D eigenvalue weighted by atomic mass is 10.2. The maximum atomic E-state index is 11.8. The van der Waals surface area contributed by atoms with Crippen molar-refractivity contribution in [3.05, 3.63) is 18.2 Å². The first-order valence-corrected chi connectivity index (χ1v) is 6.81. The van der Waals surface area contributed by atoms with E-state index in [1.807, 2.05) is 13.1 Å². The monoisotopic (exact) mass is 338 g/mol. The molecule has 1 aliphatic rings. The van der Waals surface area contributed by atoms with Crippen molar-refractivity contribution >= 4 is 30.7 Å². The van der Waals surface area contributed by atoms with Crippen molar-refractivity contribution in [1.82, 2.24) is 14.9 Å². The third kappa shape index (κ3) is 5.82. The molecule has 1 fully saturated rings. The molecule has 2 heterocycles. The fraction of sp³-hybridized carbons (Fsp3) is 0.692. The second kappa shape index (κ2) is 10.00. The number of ether oxygens (including phenoxy) is 1. The molecule has 2 rings (SSSR count). The number of hydrogen-bond acceptors (Lipinski definition) is 4. The van der Waals surface area contributed by atoms with Crippen molar-refractivity contribution < 1.29 is 9.53 Å². The fourth-order valence-electron chi connectivity index (χ4n) is 2.29. The molecule has 0 radical (unpaired) electrons. The summed E-state index contributed by atoms with van der Waals surface area (Å²) in [5, 5.41) is 2.91. The number of rotatable bonds is 6. The molecule has 1 aromatic heterocycles. The number of nitrogens with two attached hydrogens (primary N) is 1. The topological polar surface area (TPSA) is 82.2 Å². The lowest BCUT2D eigenvalue weighted by Gasteiger charge is -2.12. The average molecular weight is 339 g/mol. The maximum absolute atomic E-state index is 11.8. The van der Waals surface area contributed by atoms with E-state index in [9.17, 15) is 4.79 Å². The van der Waals surface area contributed by atoms with E-state index in [0.29, 0.717) is 13.1 Å². The number of halogens is 2. The molecule has 0 aliphatic carbocycles. The predicted molar refractivity (Wildman–Crippen MR) is 86.0 cm³/mol. The van der Waals surface area contributed by atoms with Crippen molar-refractivity contribution in [3.8, 4) is 0 Å². The minimum Gasteiger partial charge on any atom is -0.364 e. The van der Waals surface area contributed by atoms with E-state index in [4.69, 9.17) is 10.5 Å². The lowest BCUT2D eigenvalue weighted by molar-refractivity contribution is -0.131. The Kier molecular flexibility index (Phi) is 9.61. The normalized spacial score (nSPS) is 20.5. The smallest absolute Gasteiger partial charge is 0.249 e. The third-order valence-corrected chi connectivity index (χ3v) is 3.46. The maximum Gasteiger partial charge on any atom is 0.249 e. The molecule has 3 N–H and O–H groups in total. The molecule has 0 bridgehead atoms. The van der Waals surface area contributed by atoms with Crippen molar-refractivity contribution in [1.29, 1.82) is 0 Å². The van der Waals surface area contributed by atoms with Gasteiger partial charge in [0.15, 0.2) is 0 Å². The second-order valence-corrected chi connectivity index (χ2v) is 4.87. The number of carbonyl (C=O) groups excluding carboxylic acids is 1. The van der Waals surface area contributed by atoms with Crippen LogP contribution in [0.15, 0.2) is 12.4 Å². The Morgan fingerprint density at radius 3 is 2.86 bits per heavy atom. The molecule has 1 aliphatic heterocycles. The van der Waals surface area contributed by atoms with Gasteiger partial charge in [-0.05, 0) is 26.2 Å². The van der Waals surface area contributed by atoms with Crippen molar-refractivity contribution in [2.24, 2.45) is 5.73 Å². The third-order valence-electron chi connectivity index (χ3n) is 3.46. The van der Waals surface area contributed by atoms with Gasteiger partial charge in [-0.25, -0.2) is 4.98 Å². The molecule has 1 aromatic rings. The number of amides is 1. The van der Waals surface area contributed by atoms with Gasteiger partial charge in [-0.15, -0.1) is 24.8 Å². The molecule has 0 unspecified atom stereocenters. The summed E-state index contributed by atoms with van der Waals surface area (Å²) in [5.74, 6) is 0.981. The Morgan fingerprint density at radius 1 is 1.52 bits per heavy atom. The highest BCUT2D eigenvalue weighted by atomic mass is 35.5. The molecule has 1 amide bonds. The van der Waals surface area contributed by atoms with Gasteiger partial charge in [-0.3, -0.25) is 4.79 Å². The summed E-state index contributed by atoms with van der Waals surface area (Å²) in [6.07, 6.45) is 6.00. The first kappa shape index (κ1) is 20.2. The van der Waals surface area contributed by atoms with Crippen LogP contribution < -0.4 is 11.1 Å². The SMILES string of the molecule is Cc1nccn1CCCNC(=O)[C@@H]1CC[C@H](CN)O1.Cl.Cl. The van der Waals surface area contributed by atoms with Gasteiger partial charge in [0.2, 0.25) is 5.91 Å². The molecule has 21 heavy (non-hydrogen) atoms. The van der Waals surface area contributed by atoms with Gasteiger partial charge in [0.1, 0.15) is 11.9 Å². The average Bonchev–Trinajstić information content (AvgIpc) is 3.03. The van der Waals surface area contributed by atoms with E-state index in [1.54, 1.807) is 6.20 Å². The highest BCUT2D eigenvalue weighted by Gasteiger charge is 2.29. The van der Waals surface area contributed by atoms with Gasteiger partial charge in [0.25, 0.3) is 0 Å². The van der Waals surface area contributed by atoms with E-state index in [1.165, 1.54) is 0 Å². The van der Waals surface area contributed by atoms with Crippen LogP contribution >= 0.6 is 24.8 Å². The largest absolute Gasteiger partial charge is 0.364 e. The van der Waals surface area contributed by atoms with E-state index in [2.05, 4.69) is 14.9 Å². The Labute approximate surface area is 137 Å². The standard InChI is InChI=1S/C13H22N4O2.2ClH/c1-10-15-6-8-17(10)7-2-5-16-13(18)12-4-3-11(9-14)19-12;;/h6,8,11-12H,2-5,7,9,14H2,1H3,(H,16,18);2*1H/t11-,12+;;/m1../s1. The summed E-state index contributed by atoms with van der Waals surface area (Å²) in [4.78, 5) is 16.0. The Morgan fingerprint density at radius 2 is 2.29 bits per heavy atom. The first-order valence-electron chi connectivity index (χ1n) is 6.81. The van der Waals surface area contributed by atoms with Crippen LogP contribution in [0.3, 0.4) is 0 Å². The van der Waals surface area contributed by atoms with Crippen LogP contribution in [-0.2, 0) is 16.1 Å². The number of aryl methyl sites for hydroxylation is 2. The Hall–Kier alpha value is -0.820. The zero-order chi connectivity index (χ0) is 13.7. The predicted octanol–water partition coefficient (Wildman–Crippen LogP) is 1.05. The minimum atomic E-state index is -0.316. The number of carbonyl (C=O) groups is 1. The van der Waals surface area contributed by atoms with Gasteiger partial charge in [-0.1, -0.05) is 0 Å². The highest BCUT2D eigenvalue weighted by molar-refractivity contribution is 5.85. The van der Waals surface area contributed by atoms with Gasteiger partial charge in [0, 0.05) is 32.0 Å². The van der Waals surface area contributed by atoms with Gasteiger partial charge >= 0.3 is 0 Å². The van der Waals surface area contributed by atoms with Crippen molar-refractivity contribution in [3.63, 3.8) is 0 Å². The van der Waals surface area contributed by atoms with Crippen molar-refractivity contribution in [2.45, 2.75) is 44.9 Å². The first-order chi connectivity index (χ1) is 9.20. The summed E-state index contributed by atoms with van der Waals surface area (Å²) in [6, 6.07) is 0. The van der Waals surface area contributed by atoms with Gasteiger partial charge in [-0.2, -0.15) is 0 Å². The zero-order valence-electron chi connectivity index (χ0n) is 12.2. The number of nitrogens with one attached hydrogen (secondary N) is 1. The highest BCUT2D eigenvalue weighted by Crippen LogP contribution is 2.18. The zero-order valence-corrected chi connectivity index (χ0v) is 13.8. The van der Waals surface area contributed by atoms with Crippen LogP contribution in [0, 0.1) is 6.92 Å². The lowest BCUT2D eigenvalue weighted by Crippen LogP contribution is -2.36. The van der Waals surface area contributed by atoms with Gasteiger partial charge in [0.05, 0.1) is 6.10 Å². The molecular weight excluding hydrogens is 315 g/mol. The molecule has 0 aromatic carbocycles. The molecule has 2 atom stereocenters. The molecule has 0 saturated carbocycles. The van der Waals surface area contributed by atoms with E-state index >= 15 is 0 Å². The van der Waals surface area contributed by atoms with Crippen LogP contribution in [0.2, 0.25) is 0 Å². The summed E-state index contributed by atoms with van der Waals surface area (Å²) in [6.45, 7) is 3.98. The quantitative estimate of drug-likeness (QED) is 0.759. The summed E-state index contributed by atoms with van der Waals surface area (Å²) in [5.41, 5.74) is 5.52. The van der Waals surface area contributed by atoms with Gasteiger partial charge < -0.3 is 20.4 Å². The van der Waals surface area contributed by atoms with E-state index < -0.39 is 0 Å². The number of imidazole rings is 1. The summed E-state index contributed by atoms with van der Waals surface area (Å²) >= 11 is 0. The molecule has 0 spiro atoms.